The molecule has 0 aromatic heterocycles. The summed E-state index contributed by atoms with van der Waals surface area (Å²) in [7, 11) is 0. The van der Waals surface area contributed by atoms with Crippen LogP contribution < -0.4 is 0 Å². The van der Waals surface area contributed by atoms with E-state index in [4.69, 9.17) is 5.11 Å². The lowest BCUT2D eigenvalue weighted by Gasteiger charge is -1.96. The Kier molecular flexibility index (Phi) is 4.18. The minimum Gasteiger partial charge on any atom is -0.481 e. The first kappa shape index (κ1) is 9.88. The van der Waals surface area contributed by atoms with Crippen molar-refractivity contribution >= 4 is 11.8 Å². The molecule has 0 aromatic rings. The summed E-state index contributed by atoms with van der Waals surface area (Å²) in [6, 6.07) is 0. The lowest BCUT2D eigenvalue weighted by Crippen LogP contribution is -2.06. The first-order chi connectivity index (χ1) is 5.02. The largest absolute Gasteiger partial charge is 0.481 e. The Hall–Kier alpha value is -1.12. The summed E-state index contributed by atoms with van der Waals surface area (Å²) in [5, 5.41) is 8.21. The molecule has 0 rings (SSSR count). The molecule has 0 aliphatic heterocycles. The molecule has 0 saturated carbocycles. The fraction of sp³-hybridized carbons (Fsp3) is 0.500. The molecule has 0 spiro atoms. The Morgan fingerprint density at radius 1 is 1.36 bits per heavy atom. The van der Waals surface area contributed by atoms with Crippen LogP contribution in [-0.4, -0.2) is 16.9 Å². The first-order valence-electron chi connectivity index (χ1n) is 3.40. The number of carboxylic acids is 1. The summed E-state index contributed by atoms with van der Waals surface area (Å²) in [5.41, 5.74) is 0.906. The van der Waals surface area contributed by atoms with Crippen molar-refractivity contribution in [3.63, 3.8) is 0 Å². The van der Waals surface area contributed by atoms with Crippen LogP contribution in [0.4, 0.5) is 0 Å². The predicted molar refractivity (Wildman–Crippen MR) is 41.3 cm³/mol. The van der Waals surface area contributed by atoms with Crippen LogP contribution in [0.25, 0.3) is 0 Å². The van der Waals surface area contributed by atoms with Crippen LogP contribution >= 0.6 is 0 Å². The molecule has 62 valence electrons. The first-order valence-corrected chi connectivity index (χ1v) is 3.40. The van der Waals surface area contributed by atoms with Crippen molar-refractivity contribution < 1.29 is 14.7 Å². The smallest absolute Gasteiger partial charge is 0.310 e. The number of Topliss-reactive ketones (excluding diaryl/α,β-unsaturated/α-hetero) is 1. The van der Waals surface area contributed by atoms with Gasteiger partial charge in [-0.3, -0.25) is 9.59 Å². The molecular formula is C8H12O3. The van der Waals surface area contributed by atoms with Crippen LogP contribution in [0.2, 0.25) is 0 Å². The van der Waals surface area contributed by atoms with Gasteiger partial charge in [-0.2, -0.15) is 0 Å². The van der Waals surface area contributed by atoms with Crippen molar-refractivity contribution in [2.45, 2.75) is 26.2 Å². The van der Waals surface area contributed by atoms with Gasteiger partial charge in [-0.05, 0) is 13.3 Å². The van der Waals surface area contributed by atoms with E-state index in [0.29, 0.717) is 12.8 Å². The maximum Gasteiger partial charge on any atom is 0.310 e. The molecule has 0 radical (unpaired) electrons. The standard InChI is InChI=1S/C8H12O3/c1-6(2)3-4-7(9)5-8(10)11/h1,3-5H2,2H3,(H,10,11). The minimum atomic E-state index is -1.06. The van der Waals surface area contributed by atoms with E-state index in [9.17, 15) is 9.59 Å². The number of hydrogen-bond donors (Lipinski definition) is 1. The molecule has 0 aromatic carbocycles. The van der Waals surface area contributed by atoms with Gasteiger partial charge in [0.25, 0.3) is 0 Å². The third kappa shape index (κ3) is 6.77. The molecule has 3 heteroatoms. The number of ketones is 1. The number of rotatable bonds is 5. The summed E-state index contributed by atoms with van der Waals surface area (Å²) in [4.78, 5) is 20.7. The van der Waals surface area contributed by atoms with Crippen LogP contribution in [0.15, 0.2) is 12.2 Å². The maximum atomic E-state index is 10.7. The fourth-order valence-corrected chi connectivity index (χ4v) is 0.610. The quantitative estimate of drug-likeness (QED) is 0.483. The van der Waals surface area contributed by atoms with Crippen molar-refractivity contribution in [2.75, 3.05) is 0 Å². The van der Waals surface area contributed by atoms with Crippen molar-refractivity contribution in [3.05, 3.63) is 12.2 Å². The second-order valence-electron chi connectivity index (χ2n) is 2.57. The van der Waals surface area contributed by atoms with E-state index in [-0.39, 0.29) is 12.2 Å². The van der Waals surface area contributed by atoms with Gasteiger partial charge < -0.3 is 5.11 Å². The van der Waals surface area contributed by atoms with E-state index in [1.54, 1.807) is 0 Å². The molecule has 0 fully saturated rings. The monoisotopic (exact) mass is 156 g/mol. The van der Waals surface area contributed by atoms with E-state index in [2.05, 4.69) is 6.58 Å². The fourth-order valence-electron chi connectivity index (χ4n) is 0.610. The molecule has 11 heavy (non-hydrogen) atoms. The second-order valence-corrected chi connectivity index (χ2v) is 2.57. The molecule has 0 bridgehead atoms. The molecule has 0 amide bonds. The normalized spacial score (nSPS) is 9.18. The van der Waals surface area contributed by atoms with E-state index in [1.165, 1.54) is 0 Å². The van der Waals surface area contributed by atoms with Crippen LogP contribution in [0, 0.1) is 0 Å². The van der Waals surface area contributed by atoms with Crippen molar-refractivity contribution in [1.29, 1.82) is 0 Å². The van der Waals surface area contributed by atoms with E-state index in [0.717, 1.165) is 5.57 Å². The van der Waals surface area contributed by atoms with Crippen LogP contribution in [-0.2, 0) is 9.59 Å². The van der Waals surface area contributed by atoms with Gasteiger partial charge in [0.2, 0.25) is 0 Å². The van der Waals surface area contributed by atoms with Gasteiger partial charge in [0.05, 0.1) is 0 Å². The van der Waals surface area contributed by atoms with Gasteiger partial charge in [0, 0.05) is 6.42 Å². The molecule has 0 aliphatic carbocycles. The number of hydrogen-bond acceptors (Lipinski definition) is 2. The molecule has 3 nitrogen and oxygen atoms in total. The zero-order chi connectivity index (χ0) is 8.85. The van der Waals surface area contributed by atoms with Gasteiger partial charge in [-0.25, -0.2) is 0 Å². The molecule has 0 unspecified atom stereocenters. The number of allylic oxidation sites excluding steroid dienone is 1. The average molecular weight is 156 g/mol. The molecule has 1 N–H and O–H groups in total. The number of carbonyl (C=O) groups is 2. The van der Waals surface area contributed by atoms with Gasteiger partial charge >= 0.3 is 5.97 Å². The third-order valence-corrected chi connectivity index (χ3v) is 1.18. The molecule has 0 heterocycles. The van der Waals surface area contributed by atoms with E-state index >= 15 is 0 Å². The van der Waals surface area contributed by atoms with E-state index in [1.807, 2.05) is 6.92 Å². The maximum absolute atomic E-state index is 10.7. The minimum absolute atomic E-state index is 0.236. The highest BCUT2D eigenvalue weighted by Gasteiger charge is 2.06. The summed E-state index contributed by atoms with van der Waals surface area (Å²) in [6.45, 7) is 5.42. The SMILES string of the molecule is C=C(C)CCC(=O)CC(=O)O. The Morgan fingerprint density at radius 3 is 2.27 bits per heavy atom. The lowest BCUT2D eigenvalue weighted by atomic mass is 10.1. The van der Waals surface area contributed by atoms with Gasteiger partial charge in [0.15, 0.2) is 0 Å². The Bertz CT molecular complexity index is 182. The van der Waals surface area contributed by atoms with Gasteiger partial charge in [-0.15, -0.1) is 6.58 Å². The topological polar surface area (TPSA) is 54.4 Å². The summed E-state index contributed by atoms with van der Waals surface area (Å²) in [5.74, 6) is -1.29. The van der Waals surface area contributed by atoms with Gasteiger partial charge in [-0.1, -0.05) is 5.57 Å². The highest BCUT2D eigenvalue weighted by atomic mass is 16.4. The van der Waals surface area contributed by atoms with Crippen LogP contribution in [0.3, 0.4) is 0 Å². The Morgan fingerprint density at radius 2 is 1.91 bits per heavy atom. The number of aliphatic carboxylic acids is 1. The zero-order valence-corrected chi connectivity index (χ0v) is 6.59. The highest BCUT2D eigenvalue weighted by Crippen LogP contribution is 2.02. The van der Waals surface area contributed by atoms with Crippen LogP contribution in [0.5, 0.6) is 0 Å². The highest BCUT2D eigenvalue weighted by molar-refractivity contribution is 5.94. The van der Waals surface area contributed by atoms with Crippen LogP contribution in [0.1, 0.15) is 26.2 Å². The van der Waals surface area contributed by atoms with Crippen molar-refractivity contribution in [3.8, 4) is 0 Å². The molecule has 0 saturated heterocycles. The summed E-state index contributed by atoms with van der Waals surface area (Å²) in [6.07, 6.45) is 0.515. The summed E-state index contributed by atoms with van der Waals surface area (Å²) >= 11 is 0. The van der Waals surface area contributed by atoms with E-state index < -0.39 is 5.97 Å². The zero-order valence-electron chi connectivity index (χ0n) is 6.59. The third-order valence-electron chi connectivity index (χ3n) is 1.18. The van der Waals surface area contributed by atoms with Gasteiger partial charge in [0.1, 0.15) is 12.2 Å². The molecule has 0 aliphatic rings. The average Bonchev–Trinajstić information content (AvgIpc) is 1.82. The Balaban J connectivity index is 3.53. The van der Waals surface area contributed by atoms with Crippen molar-refractivity contribution in [1.82, 2.24) is 0 Å². The summed E-state index contributed by atoms with van der Waals surface area (Å²) < 4.78 is 0. The number of carboxylic acid groups (broad SMARTS) is 1. The Labute approximate surface area is 65.7 Å². The lowest BCUT2D eigenvalue weighted by molar-refractivity contribution is -0.140. The number of carbonyl (C=O) groups excluding carboxylic acids is 1. The molecule has 0 atom stereocenters. The molecular weight excluding hydrogens is 144 g/mol. The predicted octanol–water partition coefficient (Wildman–Crippen LogP) is 1.39. The van der Waals surface area contributed by atoms with Crippen molar-refractivity contribution in [2.24, 2.45) is 0 Å². The second kappa shape index (κ2) is 4.66.